The fraction of sp³-hybridized carbons (Fsp3) is 0.409. The van der Waals surface area contributed by atoms with Crippen molar-refractivity contribution in [2.75, 3.05) is 26.3 Å². The van der Waals surface area contributed by atoms with E-state index in [1.165, 1.54) is 5.56 Å². The topological polar surface area (TPSA) is 53.6 Å². The van der Waals surface area contributed by atoms with Crippen molar-refractivity contribution in [2.45, 2.75) is 32.5 Å². The molecule has 28 heavy (non-hydrogen) atoms. The van der Waals surface area contributed by atoms with Gasteiger partial charge in [-0.25, -0.2) is 4.79 Å². The molecule has 0 aliphatic carbocycles. The number of carbonyl (C=O) groups is 1. The predicted octanol–water partition coefficient (Wildman–Crippen LogP) is 4.12. The van der Waals surface area contributed by atoms with Gasteiger partial charge in [-0.05, 0) is 35.2 Å². The fourth-order valence-corrected chi connectivity index (χ4v) is 3.41. The normalized spacial score (nSPS) is 15.8. The van der Waals surface area contributed by atoms with Gasteiger partial charge in [0.15, 0.2) is 0 Å². The lowest BCUT2D eigenvalue weighted by Gasteiger charge is -2.26. The highest BCUT2D eigenvalue weighted by atomic mass is 35.5. The van der Waals surface area contributed by atoms with Crippen LogP contribution in [0.25, 0.3) is 0 Å². The summed E-state index contributed by atoms with van der Waals surface area (Å²) >= 11 is 5.94. The molecule has 6 heteroatoms. The summed E-state index contributed by atoms with van der Waals surface area (Å²) in [5.41, 5.74) is 3.42. The molecule has 1 fully saturated rings. The van der Waals surface area contributed by atoms with E-state index >= 15 is 0 Å². The monoisotopic (exact) mass is 401 g/mol. The second-order valence-electron chi connectivity index (χ2n) is 7.04. The third-order valence-electron chi connectivity index (χ3n) is 4.97. The van der Waals surface area contributed by atoms with Gasteiger partial charge in [-0.15, -0.1) is 0 Å². The molecule has 2 aromatic carbocycles. The Morgan fingerprint density at radius 3 is 2.36 bits per heavy atom. The van der Waals surface area contributed by atoms with E-state index in [-0.39, 0.29) is 12.1 Å². The molecule has 0 aromatic heterocycles. The molecular weight excluding hydrogens is 374 g/mol. The molecule has 2 amide bonds. The van der Waals surface area contributed by atoms with Gasteiger partial charge in [0.25, 0.3) is 0 Å². The third-order valence-corrected chi connectivity index (χ3v) is 5.22. The Labute approximate surface area is 172 Å². The molecule has 0 radical (unpaired) electrons. The van der Waals surface area contributed by atoms with Crippen LogP contribution in [0, 0.1) is 0 Å². The molecule has 2 N–H and O–H groups in total. The summed E-state index contributed by atoms with van der Waals surface area (Å²) in [5.74, 6) is 0. The standard InChI is InChI=1S/C22H28ClN3O2/c1-2-21(19-7-9-20(23)10-8-19)25-22(27)24-15-17-3-5-18(6-4-17)16-26-11-13-28-14-12-26/h3-10,21H,2,11-16H2,1H3,(H2,24,25,27). The molecule has 1 aliphatic rings. The molecule has 1 saturated heterocycles. The summed E-state index contributed by atoms with van der Waals surface area (Å²) in [6.45, 7) is 7.08. The number of carbonyl (C=O) groups excluding carboxylic acids is 1. The minimum Gasteiger partial charge on any atom is -0.379 e. The van der Waals surface area contributed by atoms with Gasteiger partial charge in [0.05, 0.1) is 19.3 Å². The van der Waals surface area contributed by atoms with Gasteiger partial charge in [-0.3, -0.25) is 4.90 Å². The number of rotatable bonds is 7. The van der Waals surface area contributed by atoms with Crippen LogP contribution in [-0.4, -0.2) is 37.2 Å². The van der Waals surface area contributed by atoms with Gasteiger partial charge < -0.3 is 15.4 Å². The highest BCUT2D eigenvalue weighted by molar-refractivity contribution is 6.30. The zero-order chi connectivity index (χ0) is 19.8. The average Bonchev–Trinajstić information content (AvgIpc) is 2.73. The number of morpholine rings is 1. The smallest absolute Gasteiger partial charge is 0.315 e. The molecule has 0 spiro atoms. The van der Waals surface area contributed by atoms with E-state index in [1.54, 1.807) is 0 Å². The number of benzene rings is 2. The quantitative estimate of drug-likeness (QED) is 0.733. The van der Waals surface area contributed by atoms with Crippen LogP contribution in [0.15, 0.2) is 48.5 Å². The van der Waals surface area contributed by atoms with E-state index in [0.29, 0.717) is 11.6 Å². The summed E-state index contributed by atoms with van der Waals surface area (Å²) in [4.78, 5) is 14.7. The first kappa shape index (κ1) is 20.6. The summed E-state index contributed by atoms with van der Waals surface area (Å²) < 4.78 is 5.39. The molecule has 1 heterocycles. The molecule has 5 nitrogen and oxygen atoms in total. The first-order valence-electron chi connectivity index (χ1n) is 9.82. The molecule has 1 atom stereocenters. The van der Waals surface area contributed by atoms with E-state index in [4.69, 9.17) is 16.3 Å². The van der Waals surface area contributed by atoms with Gasteiger partial charge in [0, 0.05) is 31.2 Å². The average molecular weight is 402 g/mol. The van der Waals surface area contributed by atoms with Crippen molar-refractivity contribution in [2.24, 2.45) is 0 Å². The maximum absolute atomic E-state index is 12.3. The third kappa shape index (κ3) is 6.23. The Morgan fingerprint density at radius 1 is 1.07 bits per heavy atom. The van der Waals surface area contributed by atoms with Crippen molar-refractivity contribution in [3.63, 3.8) is 0 Å². The highest BCUT2D eigenvalue weighted by Crippen LogP contribution is 2.19. The zero-order valence-electron chi connectivity index (χ0n) is 16.3. The number of nitrogens with zero attached hydrogens (tertiary/aromatic N) is 1. The van der Waals surface area contributed by atoms with Gasteiger partial charge in [-0.1, -0.05) is 54.9 Å². The van der Waals surface area contributed by atoms with Gasteiger partial charge >= 0.3 is 6.03 Å². The number of ether oxygens (including phenoxy) is 1. The Balaban J connectivity index is 1.46. The molecule has 1 aliphatic heterocycles. The summed E-state index contributed by atoms with van der Waals surface area (Å²) in [6.07, 6.45) is 0.811. The lowest BCUT2D eigenvalue weighted by Crippen LogP contribution is -2.37. The van der Waals surface area contributed by atoms with Gasteiger partial charge in [0.2, 0.25) is 0 Å². The number of nitrogens with one attached hydrogen (secondary N) is 2. The predicted molar refractivity (Wildman–Crippen MR) is 112 cm³/mol. The second-order valence-corrected chi connectivity index (χ2v) is 7.48. The Morgan fingerprint density at radius 2 is 1.71 bits per heavy atom. The van der Waals surface area contributed by atoms with E-state index in [1.807, 2.05) is 31.2 Å². The maximum Gasteiger partial charge on any atom is 0.315 e. The van der Waals surface area contributed by atoms with Crippen LogP contribution in [0.5, 0.6) is 0 Å². The van der Waals surface area contributed by atoms with Crippen molar-refractivity contribution in [3.8, 4) is 0 Å². The molecule has 0 bridgehead atoms. The highest BCUT2D eigenvalue weighted by Gasteiger charge is 2.13. The lowest BCUT2D eigenvalue weighted by molar-refractivity contribution is 0.0342. The van der Waals surface area contributed by atoms with Crippen molar-refractivity contribution in [3.05, 3.63) is 70.2 Å². The van der Waals surface area contributed by atoms with E-state index in [9.17, 15) is 4.79 Å². The minimum absolute atomic E-state index is 0.0341. The molecule has 2 aromatic rings. The lowest BCUT2D eigenvalue weighted by atomic mass is 10.1. The molecule has 1 unspecified atom stereocenters. The van der Waals surface area contributed by atoms with Crippen LogP contribution in [-0.2, 0) is 17.8 Å². The Bertz CT molecular complexity index is 743. The van der Waals surface area contributed by atoms with E-state index < -0.39 is 0 Å². The zero-order valence-corrected chi connectivity index (χ0v) is 17.0. The maximum atomic E-state index is 12.3. The van der Waals surface area contributed by atoms with Crippen LogP contribution in [0.1, 0.15) is 36.1 Å². The van der Waals surface area contributed by atoms with Crippen LogP contribution in [0.3, 0.4) is 0 Å². The minimum atomic E-state index is -0.167. The van der Waals surface area contributed by atoms with Gasteiger partial charge in [-0.2, -0.15) is 0 Å². The first-order chi connectivity index (χ1) is 13.6. The summed E-state index contributed by atoms with van der Waals surface area (Å²) in [6, 6.07) is 15.8. The van der Waals surface area contributed by atoms with Crippen molar-refractivity contribution < 1.29 is 9.53 Å². The van der Waals surface area contributed by atoms with Crippen LogP contribution >= 0.6 is 11.6 Å². The summed E-state index contributed by atoms with van der Waals surface area (Å²) in [5, 5.41) is 6.66. The van der Waals surface area contributed by atoms with Crippen molar-refractivity contribution >= 4 is 17.6 Å². The summed E-state index contributed by atoms with van der Waals surface area (Å²) in [7, 11) is 0. The molecule has 0 saturated carbocycles. The van der Waals surface area contributed by atoms with Crippen molar-refractivity contribution in [1.29, 1.82) is 0 Å². The van der Waals surface area contributed by atoms with Gasteiger partial charge in [0.1, 0.15) is 0 Å². The largest absolute Gasteiger partial charge is 0.379 e. The fourth-order valence-electron chi connectivity index (χ4n) is 3.29. The Hall–Kier alpha value is -2.08. The number of hydrogen-bond acceptors (Lipinski definition) is 3. The number of halogens is 1. The van der Waals surface area contributed by atoms with Crippen molar-refractivity contribution in [1.82, 2.24) is 15.5 Å². The molecular formula is C22H28ClN3O2. The molecule has 3 rings (SSSR count). The van der Waals surface area contributed by atoms with Crippen LogP contribution in [0.4, 0.5) is 4.79 Å². The van der Waals surface area contributed by atoms with Crippen LogP contribution in [0.2, 0.25) is 5.02 Å². The Kier molecular flexibility index (Phi) is 7.71. The number of urea groups is 1. The number of hydrogen-bond donors (Lipinski definition) is 2. The second kappa shape index (κ2) is 10.5. The SMILES string of the molecule is CCC(NC(=O)NCc1ccc(CN2CCOCC2)cc1)c1ccc(Cl)cc1. The molecule has 150 valence electrons. The number of amides is 2. The van der Waals surface area contributed by atoms with Crippen LogP contribution < -0.4 is 10.6 Å². The first-order valence-corrected chi connectivity index (χ1v) is 10.2. The van der Waals surface area contributed by atoms with E-state index in [0.717, 1.165) is 50.4 Å². The van der Waals surface area contributed by atoms with E-state index in [2.05, 4.69) is 39.8 Å².